The fraction of sp³-hybridized carbons (Fsp3) is 0.200. The van der Waals surface area contributed by atoms with Crippen LogP contribution in [0.3, 0.4) is 0 Å². The SMILES string of the molecule is COc1ccc(C(=O)C[C@]2(O)C(=O)N(Cc3ccccc3C)c3ccc(Cl)cc32)cc1. The van der Waals surface area contributed by atoms with Crippen LogP contribution >= 0.6 is 11.6 Å². The molecule has 158 valence electrons. The van der Waals surface area contributed by atoms with Crippen molar-refractivity contribution in [3.63, 3.8) is 0 Å². The number of hydrogen-bond acceptors (Lipinski definition) is 4. The third-order valence-corrected chi connectivity index (χ3v) is 5.95. The van der Waals surface area contributed by atoms with Gasteiger partial charge in [0, 0.05) is 16.1 Å². The highest BCUT2D eigenvalue weighted by atomic mass is 35.5. The maximum absolute atomic E-state index is 13.4. The molecule has 1 heterocycles. The van der Waals surface area contributed by atoms with Gasteiger partial charge >= 0.3 is 0 Å². The second kappa shape index (κ2) is 8.17. The number of rotatable bonds is 6. The summed E-state index contributed by atoms with van der Waals surface area (Å²) in [6, 6.07) is 19.3. The van der Waals surface area contributed by atoms with Gasteiger partial charge < -0.3 is 14.7 Å². The van der Waals surface area contributed by atoms with Crippen LogP contribution in [0, 0.1) is 6.92 Å². The average Bonchev–Trinajstić information content (AvgIpc) is 2.96. The Balaban J connectivity index is 1.70. The fourth-order valence-electron chi connectivity index (χ4n) is 3.92. The molecule has 0 bridgehead atoms. The summed E-state index contributed by atoms with van der Waals surface area (Å²) in [7, 11) is 1.54. The molecule has 3 aromatic carbocycles. The first-order chi connectivity index (χ1) is 14.8. The van der Waals surface area contributed by atoms with Crippen molar-refractivity contribution in [3.8, 4) is 5.75 Å². The first kappa shape index (κ1) is 21.1. The van der Waals surface area contributed by atoms with Gasteiger partial charge in [0.15, 0.2) is 11.4 Å². The second-order valence-electron chi connectivity index (χ2n) is 7.67. The number of carbonyl (C=O) groups is 2. The third kappa shape index (κ3) is 3.82. The van der Waals surface area contributed by atoms with Gasteiger partial charge in [-0.1, -0.05) is 35.9 Å². The van der Waals surface area contributed by atoms with Crippen LogP contribution in [-0.4, -0.2) is 23.9 Å². The lowest BCUT2D eigenvalue weighted by Gasteiger charge is -2.23. The van der Waals surface area contributed by atoms with Crippen molar-refractivity contribution in [3.05, 3.63) is 94.0 Å². The van der Waals surface area contributed by atoms with Gasteiger partial charge in [-0.05, 0) is 60.5 Å². The van der Waals surface area contributed by atoms with E-state index >= 15 is 0 Å². The number of anilines is 1. The molecule has 1 atom stereocenters. The van der Waals surface area contributed by atoms with E-state index in [1.807, 2.05) is 31.2 Å². The van der Waals surface area contributed by atoms with Gasteiger partial charge in [-0.25, -0.2) is 0 Å². The van der Waals surface area contributed by atoms with Crippen molar-refractivity contribution < 1.29 is 19.4 Å². The lowest BCUT2D eigenvalue weighted by molar-refractivity contribution is -0.136. The van der Waals surface area contributed by atoms with E-state index in [2.05, 4.69) is 0 Å². The van der Waals surface area contributed by atoms with Crippen molar-refractivity contribution in [1.29, 1.82) is 0 Å². The van der Waals surface area contributed by atoms with Crippen LogP contribution in [0.2, 0.25) is 5.02 Å². The predicted molar refractivity (Wildman–Crippen MR) is 120 cm³/mol. The molecule has 5 nitrogen and oxygen atoms in total. The predicted octanol–water partition coefficient (Wildman–Crippen LogP) is 4.66. The Hall–Kier alpha value is -3.15. The standard InChI is InChI=1S/C25H22ClNO4/c1-16-5-3-4-6-18(16)15-27-22-12-9-19(26)13-21(22)25(30,24(27)29)14-23(28)17-7-10-20(31-2)11-8-17/h3-13,30H,14-15H2,1-2H3/t25-/m1/s1. The zero-order valence-electron chi connectivity index (χ0n) is 17.3. The number of ketones is 1. The van der Waals surface area contributed by atoms with Crippen LogP contribution in [0.4, 0.5) is 5.69 Å². The molecule has 0 saturated carbocycles. The number of nitrogens with zero attached hydrogens (tertiary/aromatic N) is 1. The molecule has 0 aromatic heterocycles. The molecule has 0 aliphatic carbocycles. The number of aryl methyl sites for hydroxylation is 1. The highest BCUT2D eigenvalue weighted by molar-refractivity contribution is 6.31. The molecule has 4 rings (SSSR count). The quantitative estimate of drug-likeness (QED) is 0.571. The maximum atomic E-state index is 13.4. The number of methoxy groups -OCH3 is 1. The Kier molecular flexibility index (Phi) is 5.56. The summed E-state index contributed by atoms with van der Waals surface area (Å²) < 4.78 is 5.12. The molecule has 1 aliphatic heterocycles. The first-order valence-corrected chi connectivity index (χ1v) is 10.3. The Bertz CT molecular complexity index is 1160. The molecule has 0 fully saturated rings. The van der Waals surface area contributed by atoms with Crippen LogP contribution in [0.15, 0.2) is 66.7 Å². The number of amides is 1. The minimum atomic E-state index is -1.99. The lowest BCUT2D eigenvalue weighted by atomic mass is 9.88. The van der Waals surface area contributed by atoms with Crippen LogP contribution < -0.4 is 9.64 Å². The Morgan fingerprint density at radius 2 is 1.81 bits per heavy atom. The third-order valence-electron chi connectivity index (χ3n) is 5.71. The fourth-order valence-corrected chi connectivity index (χ4v) is 4.09. The van der Waals surface area contributed by atoms with Crippen molar-refractivity contribution in [2.45, 2.75) is 25.5 Å². The minimum Gasteiger partial charge on any atom is -0.497 e. The van der Waals surface area contributed by atoms with E-state index < -0.39 is 11.5 Å². The highest BCUT2D eigenvalue weighted by Crippen LogP contribution is 2.45. The van der Waals surface area contributed by atoms with Crippen molar-refractivity contribution >= 4 is 29.0 Å². The van der Waals surface area contributed by atoms with E-state index in [1.54, 1.807) is 49.6 Å². The molecule has 0 radical (unpaired) electrons. The number of carbonyl (C=O) groups excluding carboxylic acids is 2. The molecule has 0 spiro atoms. The molecule has 0 unspecified atom stereocenters. The molecular formula is C25H22ClNO4. The number of ether oxygens (including phenoxy) is 1. The normalized spacial score (nSPS) is 17.5. The molecule has 1 amide bonds. The number of halogens is 1. The van der Waals surface area contributed by atoms with Crippen LogP contribution in [0.25, 0.3) is 0 Å². The van der Waals surface area contributed by atoms with E-state index in [9.17, 15) is 14.7 Å². The highest BCUT2D eigenvalue weighted by Gasteiger charge is 2.51. The molecule has 1 aliphatic rings. The van der Waals surface area contributed by atoms with Crippen molar-refractivity contribution in [1.82, 2.24) is 0 Å². The topological polar surface area (TPSA) is 66.8 Å². The molecular weight excluding hydrogens is 414 g/mol. The maximum Gasteiger partial charge on any atom is 0.264 e. The number of hydrogen-bond donors (Lipinski definition) is 1. The summed E-state index contributed by atoms with van der Waals surface area (Å²) in [4.78, 5) is 27.9. The van der Waals surface area contributed by atoms with Crippen molar-refractivity contribution in [2.24, 2.45) is 0 Å². The molecule has 6 heteroatoms. The van der Waals surface area contributed by atoms with E-state index in [0.717, 1.165) is 11.1 Å². The van der Waals surface area contributed by atoms with Gasteiger partial charge in [0.05, 0.1) is 25.8 Å². The van der Waals surface area contributed by atoms with Crippen LogP contribution in [0.5, 0.6) is 5.75 Å². The van der Waals surface area contributed by atoms with E-state index in [4.69, 9.17) is 16.3 Å². The van der Waals surface area contributed by atoms with Gasteiger partial charge in [-0.2, -0.15) is 0 Å². The van der Waals surface area contributed by atoms with Gasteiger partial charge in [-0.3, -0.25) is 9.59 Å². The number of fused-ring (bicyclic) bond motifs is 1. The van der Waals surface area contributed by atoms with E-state index in [1.165, 1.54) is 4.90 Å². The lowest BCUT2D eigenvalue weighted by Crippen LogP contribution is -2.41. The average molecular weight is 436 g/mol. The second-order valence-corrected chi connectivity index (χ2v) is 8.10. The number of aliphatic hydroxyl groups is 1. The zero-order chi connectivity index (χ0) is 22.2. The summed E-state index contributed by atoms with van der Waals surface area (Å²) in [6.07, 6.45) is -0.379. The summed E-state index contributed by atoms with van der Waals surface area (Å²) in [5, 5.41) is 11.9. The monoisotopic (exact) mass is 435 g/mol. The van der Waals surface area contributed by atoms with Gasteiger partial charge in [0.25, 0.3) is 5.91 Å². The summed E-state index contributed by atoms with van der Waals surface area (Å²) in [5.41, 5.74) is 1.31. The van der Waals surface area contributed by atoms with Crippen LogP contribution in [-0.2, 0) is 16.9 Å². The molecule has 1 N–H and O–H groups in total. The zero-order valence-corrected chi connectivity index (χ0v) is 18.0. The Morgan fingerprint density at radius 3 is 2.48 bits per heavy atom. The summed E-state index contributed by atoms with van der Waals surface area (Å²) in [6.45, 7) is 2.26. The van der Waals surface area contributed by atoms with Crippen LogP contribution in [0.1, 0.15) is 33.5 Å². The summed E-state index contributed by atoms with van der Waals surface area (Å²) in [5.74, 6) is -0.259. The number of benzene rings is 3. The van der Waals surface area contributed by atoms with Gasteiger partial charge in [-0.15, -0.1) is 0 Å². The van der Waals surface area contributed by atoms with Gasteiger partial charge in [0.2, 0.25) is 0 Å². The largest absolute Gasteiger partial charge is 0.497 e. The Morgan fingerprint density at radius 1 is 1.10 bits per heavy atom. The van der Waals surface area contributed by atoms with Crippen molar-refractivity contribution in [2.75, 3.05) is 12.0 Å². The number of Topliss-reactive ketones (excluding diaryl/α,β-unsaturated/α-hetero) is 1. The Labute approximate surface area is 185 Å². The minimum absolute atomic E-state index is 0.291. The van der Waals surface area contributed by atoms with E-state index in [-0.39, 0.29) is 12.2 Å². The molecule has 0 saturated heterocycles. The van der Waals surface area contributed by atoms with Gasteiger partial charge in [0.1, 0.15) is 5.75 Å². The first-order valence-electron chi connectivity index (χ1n) is 9.89. The smallest absolute Gasteiger partial charge is 0.264 e. The molecule has 31 heavy (non-hydrogen) atoms. The summed E-state index contributed by atoms with van der Waals surface area (Å²) >= 11 is 6.18. The van der Waals surface area contributed by atoms with E-state index in [0.29, 0.717) is 34.1 Å². The molecule has 3 aromatic rings.